The van der Waals surface area contributed by atoms with Gasteiger partial charge in [-0.2, -0.15) is 5.10 Å². The van der Waals surface area contributed by atoms with Crippen molar-refractivity contribution in [3.8, 4) is 0 Å². The molecule has 1 aliphatic heterocycles. The van der Waals surface area contributed by atoms with E-state index < -0.39 is 0 Å². The molecule has 1 aromatic rings. The maximum Gasteiger partial charge on any atom is 0.241 e. The van der Waals surface area contributed by atoms with Crippen molar-refractivity contribution in [1.29, 1.82) is 0 Å². The van der Waals surface area contributed by atoms with Gasteiger partial charge < -0.3 is 15.4 Å². The summed E-state index contributed by atoms with van der Waals surface area (Å²) in [5, 5.41) is 10.1. The third kappa shape index (κ3) is 4.53. The molecule has 124 valence electrons. The lowest BCUT2D eigenvalue weighted by Gasteiger charge is -2.38. The van der Waals surface area contributed by atoms with Crippen molar-refractivity contribution >= 4 is 5.91 Å². The van der Waals surface area contributed by atoms with Gasteiger partial charge in [-0.25, -0.2) is 0 Å². The van der Waals surface area contributed by atoms with E-state index in [-0.39, 0.29) is 17.6 Å². The van der Waals surface area contributed by atoms with Gasteiger partial charge in [0.2, 0.25) is 5.91 Å². The molecule has 7 nitrogen and oxygen atoms in total. The van der Waals surface area contributed by atoms with Crippen molar-refractivity contribution in [3.63, 3.8) is 0 Å². The second-order valence-electron chi connectivity index (χ2n) is 6.34. The Bertz CT molecular complexity index is 500. The average molecular weight is 309 g/mol. The molecule has 0 bridgehead atoms. The van der Waals surface area contributed by atoms with E-state index in [1.54, 1.807) is 17.9 Å². The standard InChI is InChI=1S/C15H27N5O2/c1-15(2)11-20(7-8-22-15)6-5-17-14(21)13(16-3)12-9-18-19(4)10-12/h9-10,13,16H,5-8,11H2,1-4H3,(H,17,21). The van der Waals surface area contributed by atoms with Gasteiger partial charge in [-0.05, 0) is 20.9 Å². The van der Waals surface area contributed by atoms with Crippen molar-refractivity contribution < 1.29 is 9.53 Å². The van der Waals surface area contributed by atoms with Crippen LogP contribution < -0.4 is 10.6 Å². The summed E-state index contributed by atoms with van der Waals surface area (Å²) in [4.78, 5) is 14.6. The number of morpholine rings is 1. The van der Waals surface area contributed by atoms with Crippen molar-refractivity contribution in [2.45, 2.75) is 25.5 Å². The molecular weight excluding hydrogens is 282 g/mol. The minimum Gasteiger partial charge on any atom is -0.373 e. The maximum absolute atomic E-state index is 12.3. The molecule has 0 radical (unpaired) electrons. The number of carbonyl (C=O) groups excluding carboxylic acids is 1. The SMILES string of the molecule is CNC(C(=O)NCCN1CCOC(C)(C)C1)c1cnn(C)c1. The number of rotatable bonds is 6. The number of likely N-dealkylation sites (N-methyl/N-ethyl adjacent to an activating group) is 1. The number of carbonyl (C=O) groups is 1. The Morgan fingerprint density at radius 3 is 2.91 bits per heavy atom. The van der Waals surface area contributed by atoms with Crippen LogP contribution in [0.5, 0.6) is 0 Å². The average Bonchev–Trinajstić information content (AvgIpc) is 2.85. The molecule has 1 aromatic heterocycles. The maximum atomic E-state index is 12.3. The van der Waals surface area contributed by atoms with Crippen LogP contribution >= 0.6 is 0 Å². The summed E-state index contributed by atoms with van der Waals surface area (Å²) >= 11 is 0. The Labute approximate surface area is 132 Å². The second-order valence-corrected chi connectivity index (χ2v) is 6.34. The minimum absolute atomic E-state index is 0.0250. The summed E-state index contributed by atoms with van der Waals surface area (Å²) in [6.07, 6.45) is 3.57. The lowest BCUT2D eigenvalue weighted by atomic mass is 10.1. The molecule has 0 spiro atoms. The van der Waals surface area contributed by atoms with Crippen LogP contribution in [0, 0.1) is 0 Å². The van der Waals surface area contributed by atoms with E-state index in [4.69, 9.17) is 4.74 Å². The Hall–Kier alpha value is -1.44. The summed E-state index contributed by atoms with van der Waals surface area (Å²) in [6.45, 7) is 8.21. The van der Waals surface area contributed by atoms with E-state index in [0.29, 0.717) is 6.54 Å². The Kier molecular flexibility index (Phi) is 5.55. The highest BCUT2D eigenvalue weighted by atomic mass is 16.5. The number of nitrogens with one attached hydrogen (secondary N) is 2. The third-order valence-electron chi connectivity index (χ3n) is 3.84. The molecule has 1 atom stereocenters. The van der Waals surface area contributed by atoms with Gasteiger partial charge in [-0.15, -0.1) is 0 Å². The highest BCUT2D eigenvalue weighted by Gasteiger charge is 2.27. The number of aryl methyl sites for hydroxylation is 1. The summed E-state index contributed by atoms with van der Waals surface area (Å²) in [5.41, 5.74) is 0.765. The third-order valence-corrected chi connectivity index (χ3v) is 3.84. The summed E-state index contributed by atoms with van der Waals surface area (Å²) in [6, 6.07) is -0.366. The summed E-state index contributed by atoms with van der Waals surface area (Å²) in [7, 11) is 3.62. The molecule has 0 aromatic carbocycles. The normalized spacial score (nSPS) is 19.8. The van der Waals surface area contributed by atoms with Crippen molar-refractivity contribution in [1.82, 2.24) is 25.3 Å². The molecule has 1 amide bonds. The molecular formula is C15H27N5O2. The smallest absolute Gasteiger partial charge is 0.241 e. The van der Waals surface area contributed by atoms with Gasteiger partial charge in [-0.1, -0.05) is 0 Å². The first-order chi connectivity index (χ1) is 10.4. The molecule has 7 heteroatoms. The fourth-order valence-electron chi connectivity index (χ4n) is 2.78. The van der Waals surface area contributed by atoms with E-state index in [1.165, 1.54) is 0 Å². The number of hydrogen-bond donors (Lipinski definition) is 2. The molecule has 1 saturated heterocycles. The van der Waals surface area contributed by atoms with Crippen LogP contribution in [-0.2, 0) is 16.6 Å². The summed E-state index contributed by atoms with van der Waals surface area (Å²) in [5.74, 6) is -0.0250. The zero-order chi connectivity index (χ0) is 16.2. The number of ether oxygens (including phenoxy) is 1. The zero-order valence-corrected chi connectivity index (χ0v) is 13.9. The minimum atomic E-state index is -0.366. The predicted molar refractivity (Wildman–Crippen MR) is 84.5 cm³/mol. The van der Waals surface area contributed by atoms with Crippen LogP contribution in [0.4, 0.5) is 0 Å². The lowest BCUT2D eigenvalue weighted by Crippen LogP contribution is -2.50. The van der Waals surface area contributed by atoms with Gasteiger partial charge in [0.15, 0.2) is 0 Å². The molecule has 1 aliphatic rings. The Morgan fingerprint density at radius 1 is 1.55 bits per heavy atom. The van der Waals surface area contributed by atoms with E-state index in [0.717, 1.165) is 31.8 Å². The van der Waals surface area contributed by atoms with Gasteiger partial charge in [0.25, 0.3) is 0 Å². The van der Waals surface area contributed by atoms with Gasteiger partial charge in [0.05, 0.1) is 18.4 Å². The van der Waals surface area contributed by atoms with Crippen molar-refractivity contribution in [3.05, 3.63) is 18.0 Å². The van der Waals surface area contributed by atoms with Gasteiger partial charge >= 0.3 is 0 Å². The second kappa shape index (κ2) is 7.21. The number of aromatic nitrogens is 2. The van der Waals surface area contributed by atoms with Crippen molar-refractivity contribution in [2.24, 2.45) is 7.05 Å². The van der Waals surface area contributed by atoms with Crippen LogP contribution in [0.3, 0.4) is 0 Å². The van der Waals surface area contributed by atoms with Crippen LogP contribution in [-0.4, -0.2) is 66.0 Å². The molecule has 0 saturated carbocycles. The van der Waals surface area contributed by atoms with Crippen LogP contribution in [0.1, 0.15) is 25.5 Å². The Balaban J connectivity index is 1.79. The first kappa shape index (κ1) is 16.9. The fourth-order valence-corrected chi connectivity index (χ4v) is 2.78. The monoisotopic (exact) mass is 309 g/mol. The van der Waals surface area contributed by atoms with Crippen LogP contribution in [0.25, 0.3) is 0 Å². The zero-order valence-electron chi connectivity index (χ0n) is 13.9. The lowest BCUT2D eigenvalue weighted by molar-refractivity contribution is -0.123. The molecule has 2 rings (SSSR count). The Morgan fingerprint density at radius 2 is 2.32 bits per heavy atom. The van der Waals surface area contributed by atoms with Gasteiger partial charge in [0.1, 0.15) is 6.04 Å². The van der Waals surface area contributed by atoms with Crippen molar-refractivity contribution in [2.75, 3.05) is 39.8 Å². The van der Waals surface area contributed by atoms with Crippen LogP contribution in [0.15, 0.2) is 12.4 Å². The van der Waals surface area contributed by atoms with E-state index >= 15 is 0 Å². The molecule has 1 fully saturated rings. The first-order valence-corrected chi connectivity index (χ1v) is 7.71. The number of hydrogen-bond acceptors (Lipinski definition) is 5. The number of amides is 1. The van der Waals surface area contributed by atoms with Crippen LogP contribution in [0.2, 0.25) is 0 Å². The molecule has 2 N–H and O–H groups in total. The molecule has 1 unspecified atom stereocenters. The highest BCUT2D eigenvalue weighted by Crippen LogP contribution is 2.16. The quantitative estimate of drug-likeness (QED) is 0.768. The molecule has 22 heavy (non-hydrogen) atoms. The fraction of sp³-hybridized carbons (Fsp3) is 0.733. The topological polar surface area (TPSA) is 71.4 Å². The number of nitrogens with zero attached hydrogens (tertiary/aromatic N) is 3. The molecule has 0 aliphatic carbocycles. The molecule has 2 heterocycles. The van der Waals surface area contributed by atoms with E-state index in [1.807, 2.05) is 13.2 Å². The largest absolute Gasteiger partial charge is 0.373 e. The van der Waals surface area contributed by atoms with E-state index in [9.17, 15) is 4.79 Å². The van der Waals surface area contributed by atoms with E-state index in [2.05, 4.69) is 34.5 Å². The van der Waals surface area contributed by atoms with Gasteiger partial charge in [-0.3, -0.25) is 14.4 Å². The first-order valence-electron chi connectivity index (χ1n) is 7.71. The predicted octanol–water partition coefficient (Wildman–Crippen LogP) is -0.0924. The highest BCUT2D eigenvalue weighted by molar-refractivity contribution is 5.82. The van der Waals surface area contributed by atoms with Gasteiger partial charge in [0, 0.05) is 45.0 Å². The summed E-state index contributed by atoms with van der Waals surface area (Å²) < 4.78 is 7.39.